The number of hydrogen-bond donors (Lipinski definition) is 2. The van der Waals surface area contributed by atoms with Crippen molar-refractivity contribution in [2.24, 2.45) is 0 Å². The van der Waals surface area contributed by atoms with Gasteiger partial charge < -0.3 is 30.7 Å². The van der Waals surface area contributed by atoms with Gasteiger partial charge >= 0.3 is 0 Å². The molecule has 0 heterocycles. The summed E-state index contributed by atoms with van der Waals surface area (Å²) < 4.78 is 2.19. The number of anilines is 15. The van der Waals surface area contributed by atoms with Crippen LogP contribution in [0, 0.1) is 41.5 Å². The standard InChI is InChI=1S/C38H38N2.C30H32N2.C20H18BrN.C10H15N.C8H7Br/c1-5-7-8-32-15-23-36(24-16-32)40(35-21-13-31(6-2)14-22-35)38-27-25-37(26-28-38)39(33-17-9-29(3)10-18-33)34-19-11-30(4)12-20-34;1-4-5-6-25-11-13-26(14-12-25)31-27-15-21-30(22-16-27)32(28-17-7-23(2)8-18-28)29-19-9-24(3)10-20-29;1-15-3-9-18(10-4-15)22(19-11-5-16(2)6-12-19)20-13-7-17(21)8-14-20;1-2-3-4-9-5-7-10(11)8-6-9;1-2-7-3-5-8(9)6-4-7/h6,9-28H,2,5,7-8H2,1,3-4H3;7-22,31H,4-6H2,1-3H3;3-14H,1-2H3;5-8H,2-4,11H2,1H3;2-6H,1H2. The zero-order valence-corrected chi connectivity index (χ0v) is 71.1. The van der Waals surface area contributed by atoms with Crippen molar-refractivity contribution in [3.63, 3.8) is 0 Å². The normalized spacial score (nSPS) is 10.5. The zero-order chi connectivity index (χ0) is 80.6. The Morgan fingerprint density at radius 2 is 0.430 bits per heavy atom. The third kappa shape index (κ3) is 25.7. The molecule has 578 valence electrons. The van der Waals surface area contributed by atoms with Crippen LogP contribution in [-0.4, -0.2) is 0 Å². The van der Waals surface area contributed by atoms with Crippen molar-refractivity contribution < 1.29 is 0 Å². The summed E-state index contributed by atoms with van der Waals surface area (Å²) in [5.41, 5.74) is 36.3. The lowest BCUT2D eigenvalue weighted by Gasteiger charge is -2.28. The lowest BCUT2D eigenvalue weighted by Crippen LogP contribution is -2.12. The van der Waals surface area contributed by atoms with E-state index < -0.39 is 0 Å². The van der Waals surface area contributed by atoms with Gasteiger partial charge in [-0.3, -0.25) is 0 Å². The summed E-state index contributed by atoms with van der Waals surface area (Å²) in [5.74, 6) is 0. The van der Waals surface area contributed by atoms with E-state index >= 15 is 0 Å². The Morgan fingerprint density at radius 1 is 0.254 bits per heavy atom. The molecule has 0 radical (unpaired) electrons. The molecule has 0 atom stereocenters. The predicted molar refractivity (Wildman–Crippen MR) is 505 cm³/mol. The van der Waals surface area contributed by atoms with Crippen LogP contribution in [0.3, 0.4) is 0 Å². The lowest BCUT2D eigenvalue weighted by molar-refractivity contribution is 0.795. The second-order valence-corrected chi connectivity index (χ2v) is 30.8. The van der Waals surface area contributed by atoms with E-state index in [2.05, 4.69) is 436 Å². The van der Waals surface area contributed by atoms with E-state index in [0.29, 0.717) is 0 Å². The van der Waals surface area contributed by atoms with Gasteiger partial charge in [-0.2, -0.15) is 0 Å². The third-order valence-corrected chi connectivity index (χ3v) is 20.8. The Balaban J connectivity index is 0.000000165. The second-order valence-electron chi connectivity index (χ2n) is 29.0. The number of hydrogen-bond acceptors (Lipinski definition) is 6. The van der Waals surface area contributed by atoms with Gasteiger partial charge in [0.1, 0.15) is 0 Å². The number of halogens is 2. The van der Waals surface area contributed by atoms with Gasteiger partial charge in [0, 0.05) is 94.3 Å². The van der Waals surface area contributed by atoms with Crippen LogP contribution < -0.4 is 30.7 Å². The van der Waals surface area contributed by atoms with E-state index in [1.807, 2.05) is 48.6 Å². The lowest BCUT2D eigenvalue weighted by atomic mass is 10.1. The van der Waals surface area contributed by atoms with Crippen molar-refractivity contribution in [1.82, 2.24) is 0 Å². The summed E-state index contributed by atoms with van der Waals surface area (Å²) in [6.45, 7) is 27.0. The fraction of sp³-hybridized carbons (Fsp3) is 0.170. The van der Waals surface area contributed by atoms with Gasteiger partial charge in [-0.15, -0.1) is 0 Å². The van der Waals surface area contributed by atoms with Gasteiger partial charge in [-0.05, 0) is 314 Å². The van der Waals surface area contributed by atoms with Crippen molar-refractivity contribution in [2.75, 3.05) is 30.7 Å². The molecule has 8 heteroatoms. The van der Waals surface area contributed by atoms with Gasteiger partial charge in [-0.1, -0.05) is 264 Å². The first-order valence-electron chi connectivity index (χ1n) is 39.9. The van der Waals surface area contributed by atoms with E-state index in [9.17, 15) is 0 Å². The van der Waals surface area contributed by atoms with Crippen LogP contribution in [0.2, 0.25) is 0 Å². The van der Waals surface area contributed by atoms with Crippen LogP contribution in [0.5, 0.6) is 0 Å². The predicted octanol–water partition coefficient (Wildman–Crippen LogP) is 32.3. The Morgan fingerprint density at radius 3 is 0.675 bits per heavy atom. The number of rotatable bonds is 25. The second kappa shape index (κ2) is 43.9. The smallest absolute Gasteiger partial charge is 0.0463 e. The number of nitrogen functional groups attached to an aromatic ring is 1. The Kier molecular flexibility index (Phi) is 32.7. The number of benzene rings is 14. The molecule has 14 aromatic rings. The molecule has 0 unspecified atom stereocenters. The molecule has 0 aliphatic heterocycles. The molecular weight excluding hydrogens is 1520 g/mol. The van der Waals surface area contributed by atoms with Crippen LogP contribution in [0.15, 0.2) is 362 Å². The molecule has 0 saturated carbocycles. The first-order valence-corrected chi connectivity index (χ1v) is 41.5. The minimum atomic E-state index is 0.852. The van der Waals surface area contributed by atoms with Crippen LogP contribution >= 0.6 is 31.9 Å². The molecule has 0 aliphatic rings. The third-order valence-electron chi connectivity index (χ3n) is 19.7. The van der Waals surface area contributed by atoms with Crippen molar-refractivity contribution in [3.8, 4) is 0 Å². The first kappa shape index (κ1) is 84.8. The van der Waals surface area contributed by atoms with E-state index in [1.54, 1.807) is 0 Å². The average Bonchev–Trinajstić information content (AvgIpc) is 0.757. The summed E-state index contributed by atoms with van der Waals surface area (Å²) in [7, 11) is 0. The molecule has 114 heavy (non-hydrogen) atoms. The maximum Gasteiger partial charge on any atom is 0.0463 e. The Labute approximate surface area is 698 Å². The molecule has 0 bridgehead atoms. The fourth-order valence-electron chi connectivity index (χ4n) is 12.9. The molecule has 3 N–H and O–H groups in total. The van der Waals surface area contributed by atoms with Crippen molar-refractivity contribution in [3.05, 3.63) is 423 Å². The highest BCUT2D eigenvalue weighted by atomic mass is 79.9. The van der Waals surface area contributed by atoms with Gasteiger partial charge in [0.15, 0.2) is 0 Å². The Hall–Kier alpha value is -11.7. The molecule has 6 nitrogen and oxygen atoms in total. The maximum atomic E-state index is 5.56. The average molecular weight is 1630 g/mol. The molecule has 0 amide bonds. The van der Waals surface area contributed by atoms with Crippen LogP contribution in [0.25, 0.3) is 12.2 Å². The number of nitrogens with two attached hydrogens (primary N) is 1. The molecule has 14 aromatic carbocycles. The topological polar surface area (TPSA) is 51.0 Å². The zero-order valence-electron chi connectivity index (χ0n) is 67.9. The van der Waals surface area contributed by atoms with E-state index in [0.717, 1.165) is 118 Å². The number of unbranched alkanes of at least 4 members (excludes halogenated alkanes) is 3. The van der Waals surface area contributed by atoms with E-state index in [4.69, 9.17) is 5.73 Å². The molecule has 0 spiro atoms. The molecule has 0 saturated heterocycles. The van der Waals surface area contributed by atoms with E-state index in [-0.39, 0.29) is 0 Å². The highest BCUT2D eigenvalue weighted by Gasteiger charge is 2.19. The molecule has 0 fully saturated rings. The summed E-state index contributed by atoms with van der Waals surface area (Å²) in [4.78, 5) is 9.20. The van der Waals surface area contributed by atoms with Gasteiger partial charge in [0.2, 0.25) is 0 Å². The largest absolute Gasteiger partial charge is 0.399 e. The van der Waals surface area contributed by atoms with E-state index in [1.165, 1.54) is 95.0 Å². The van der Waals surface area contributed by atoms with Crippen LogP contribution in [0.1, 0.15) is 120 Å². The van der Waals surface area contributed by atoms with Crippen molar-refractivity contribution in [2.45, 2.75) is 120 Å². The Bertz CT molecular complexity index is 4950. The number of aryl methyl sites for hydroxylation is 9. The van der Waals surface area contributed by atoms with Gasteiger partial charge in [0.25, 0.3) is 0 Å². The minimum absolute atomic E-state index is 0.852. The van der Waals surface area contributed by atoms with Crippen molar-refractivity contribution in [1.29, 1.82) is 0 Å². The van der Waals surface area contributed by atoms with Crippen LogP contribution in [-0.2, 0) is 19.3 Å². The van der Waals surface area contributed by atoms with Crippen molar-refractivity contribution >= 4 is 129 Å². The molecular formula is C106H110Br2N6. The van der Waals surface area contributed by atoms with Gasteiger partial charge in [0.05, 0.1) is 0 Å². The van der Waals surface area contributed by atoms with Gasteiger partial charge in [-0.25, -0.2) is 0 Å². The highest BCUT2D eigenvalue weighted by molar-refractivity contribution is 9.10. The first-order chi connectivity index (χ1) is 55.5. The fourth-order valence-corrected chi connectivity index (χ4v) is 13.4. The maximum absolute atomic E-state index is 5.56. The summed E-state index contributed by atoms with van der Waals surface area (Å²) in [5, 5.41) is 3.53. The van der Waals surface area contributed by atoms with Crippen LogP contribution in [0.4, 0.5) is 85.3 Å². The molecule has 14 rings (SSSR count). The monoisotopic (exact) mass is 1620 g/mol. The summed E-state index contributed by atoms with van der Waals surface area (Å²) in [6.07, 6.45) is 14.6. The summed E-state index contributed by atoms with van der Waals surface area (Å²) in [6, 6.07) is 121. The number of nitrogens with one attached hydrogen (secondary N) is 1. The quantitative estimate of drug-likeness (QED) is 0.0556. The number of nitrogens with zero attached hydrogens (tertiary/aromatic N) is 4. The molecule has 0 aromatic heterocycles. The molecule has 0 aliphatic carbocycles. The minimum Gasteiger partial charge on any atom is -0.399 e. The highest BCUT2D eigenvalue weighted by Crippen LogP contribution is 2.42. The SMILES string of the molecule is C=Cc1ccc(Br)cc1.C=Cc1ccc(N(c2ccc(CCCC)cc2)c2ccc(N(c3ccc(C)cc3)c3ccc(C)cc3)cc2)cc1.CCCCc1ccc(N)cc1.CCCCc1ccc(Nc2ccc(N(c3ccc(C)cc3)c3ccc(C)cc3)cc2)cc1.Cc1ccc(N(c2ccc(C)cc2)c2ccc(Br)cc2)cc1. The summed E-state index contributed by atoms with van der Waals surface area (Å²) >= 11 is 6.85.